The Labute approximate surface area is 158 Å². The van der Waals surface area contributed by atoms with Gasteiger partial charge in [0.05, 0.1) is 17.1 Å². The fourth-order valence-corrected chi connectivity index (χ4v) is 3.38. The predicted molar refractivity (Wildman–Crippen MR) is 105 cm³/mol. The number of nitriles is 1. The standard InChI is InChI=1S/C20H21ClN4O/c1-15-4-2-3-5-19(15)25-10-8-24(9-11-25)14-20(26)23-17-7-6-16(13-22)18(21)12-17/h2-7,12H,8-11,14H2,1H3,(H,23,26). The Morgan fingerprint density at radius 2 is 1.92 bits per heavy atom. The van der Waals surface area contributed by atoms with Gasteiger partial charge in [-0.25, -0.2) is 0 Å². The summed E-state index contributed by atoms with van der Waals surface area (Å²) in [7, 11) is 0. The fourth-order valence-electron chi connectivity index (χ4n) is 3.15. The van der Waals surface area contributed by atoms with Crippen LogP contribution < -0.4 is 10.2 Å². The van der Waals surface area contributed by atoms with Crippen molar-refractivity contribution in [1.82, 2.24) is 4.90 Å². The third-order valence-corrected chi connectivity index (χ3v) is 4.88. The van der Waals surface area contributed by atoms with Crippen molar-refractivity contribution in [1.29, 1.82) is 5.26 Å². The summed E-state index contributed by atoms with van der Waals surface area (Å²) in [5.41, 5.74) is 3.55. The second kappa shape index (κ2) is 8.22. The molecule has 134 valence electrons. The van der Waals surface area contributed by atoms with Crippen molar-refractivity contribution in [2.45, 2.75) is 6.92 Å². The molecule has 1 amide bonds. The van der Waals surface area contributed by atoms with E-state index in [1.165, 1.54) is 11.3 Å². The molecule has 0 atom stereocenters. The average molecular weight is 369 g/mol. The number of nitrogens with zero attached hydrogens (tertiary/aromatic N) is 3. The van der Waals surface area contributed by atoms with Gasteiger partial charge >= 0.3 is 0 Å². The van der Waals surface area contributed by atoms with E-state index in [1.54, 1.807) is 18.2 Å². The minimum absolute atomic E-state index is 0.0740. The monoisotopic (exact) mass is 368 g/mol. The van der Waals surface area contributed by atoms with Gasteiger partial charge in [-0.05, 0) is 36.8 Å². The molecule has 0 aliphatic carbocycles. The summed E-state index contributed by atoms with van der Waals surface area (Å²) in [5, 5.41) is 12.1. The number of anilines is 2. The van der Waals surface area contributed by atoms with E-state index in [0.717, 1.165) is 26.2 Å². The lowest BCUT2D eigenvalue weighted by molar-refractivity contribution is -0.117. The van der Waals surface area contributed by atoms with Crippen LogP contribution in [-0.2, 0) is 4.79 Å². The molecule has 3 rings (SSSR count). The second-order valence-electron chi connectivity index (χ2n) is 6.40. The molecular formula is C20H21ClN4O. The van der Waals surface area contributed by atoms with Crippen LogP contribution in [0.25, 0.3) is 0 Å². The van der Waals surface area contributed by atoms with Gasteiger partial charge in [0.1, 0.15) is 6.07 Å². The van der Waals surface area contributed by atoms with E-state index < -0.39 is 0 Å². The van der Waals surface area contributed by atoms with Gasteiger partial charge in [0.25, 0.3) is 0 Å². The van der Waals surface area contributed by atoms with Crippen LogP contribution >= 0.6 is 11.6 Å². The summed E-state index contributed by atoms with van der Waals surface area (Å²) in [6.45, 7) is 5.96. The predicted octanol–water partition coefficient (Wildman–Crippen LogP) is 3.28. The molecule has 1 aliphatic rings. The van der Waals surface area contributed by atoms with Gasteiger partial charge in [-0.3, -0.25) is 9.69 Å². The van der Waals surface area contributed by atoms with Crippen molar-refractivity contribution in [2.24, 2.45) is 0 Å². The van der Waals surface area contributed by atoms with Crippen molar-refractivity contribution < 1.29 is 4.79 Å². The van der Waals surface area contributed by atoms with Crippen LogP contribution in [0.5, 0.6) is 0 Å². The van der Waals surface area contributed by atoms with E-state index >= 15 is 0 Å². The van der Waals surface area contributed by atoms with E-state index in [-0.39, 0.29) is 5.91 Å². The molecule has 1 saturated heterocycles. The number of carbonyl (C=O) groups excluding carboxylic acids is 1. The van der Waals surface area contributed by atoms with E-state index in [2.05, 4.69) is 46.3 Å². The third kappa shape index (κ3) is 4.34. The first kappa shape index (κ1) is 18.2. The number of carbonyl (C=O) groups is 1. The van der Waals surface area contributed by atoms with E-state index in [4.69, 9.17) is 16.9 Å². The summed E-state index contributed by atoms with van der Waals surface area (Å²) < 4.78 is 0. The highest BCUT2D eigenvalue weighted by Gasteiger charge is 2.20. The van der Waals surface area contributed by atoms with Gasteiger partial charge in [-0.15, -0.1) is 0 Å². The van der Waals surface area contributed by atoms with Gasteiger partial charge in [0.2, 0.25) is 5.91 Å². The highest BCUT2D eigenvalue weighted by molar-refractivity contribution is 6.32. The number of piperazine rings is 1. The smallest absolute Gasteiger partial charge is 0.238 e. The molecule has 1 heterocycles. The number of para-hydroxylation sites is 1. The molecule has 5 nitrogen and oxygen atoms in total. The first-order valence-corrected chi connectivity index (χ1v) is 8.97. The summed E-state index contributed by atoms with van der Waals surface area (Å²) in [5.74, 6) is -0.0740. The average Bonchev–Trinajstić information content (AvgIpc) is 2.63. The van der Waals surface area contributed by atoms with Crippen molar-refractivity contribution in [3.05, 3.63) is 58.6 Å². The van der Waals surface area contributed by atoms with Crippen LogP contribution in [0.4, 0.5) is 11.4 Å². The molecule has 1 N–H and O–H groups in total. The normalized spacial score (nSPS) is 14.7. The number of rotatable bonds is 4. The molecule has 1 aliphatic heterocycles. The zero-order valence-corrected chi connectivity index (χ0v) is 15.5. The maximum absolute atomic E-state index is 12.3. The largest absolute Gasteiger partial charge is 0.369 e. The van der Waals surface area contributed by atoms with E-state index in [9.17, 15) is 4.79 Å². The Kier molecular flexibility index (Phi) is 5.77. The van der Waals surface area contributed by atoms with Gasteiger partial charge in [0, 0.05) is 37.6 Å². The molecular weight excluding hydrogens is 348 g/mol. The minimum atomic E-state index is -0.0740. The lowest BCUT2D eigenvalue weighted by Gasteiger charge is -2.36. The number of hydrogen-bond donors (Lipinski definition) is 1. The molecule has 2 aromatic carbocycles. The van der Waals surface area contributed by atoms with Gasteiger partial charge < -0.3 is 10.2 Å². The first-order valence-electron chi connectivity index (χ1n) is 8.59. The number of benzene rings is 2. The third-order valence-electron chi connectivity index (χ3n) is 4.57. The molecule has 0 aromatic heterocycles. The Balaban J connectivity index is 1.51. The molecule has 2 aromatic rings. The van der Waals surface area contributed by atoms with Gasteiger partial charge in [0.15, 0.2) is 0 Å². The summed E-state index contributed by atoms with van der Waals surface area (Å²) in [4.78, 5) is 16.8. The number of halogens is 1. The molecule has 0 bridgehead atoms. The van der Waals surface area contributed by atoms with Crippen LogP contribution in [-0.4, -0.2) is 43.5 Å². The molecule has 0 spiro atoms. The molecule has 26 heavy (non-hydrogen) atoms. The lowest BCUT2D eigenvalue weighted by Crippen LogP contribution is -2.48. The Morgan fingerprint density at radius 1 is 1.19 bits per heavy atom. The van der Waals surface area contributed by atoms with Crippen LogP contribution in [0.15, 0.2) is 42.5 Å². The van der Waals surface area contributed by atoms with Crippen LogP contribution in [0.1, 0.15) is 11.1 Å². The maximum Gasteiger partial charge on any atom is 0.238 e. The topological polar surface area (TPSA) is 59.4 Å². The Bertz CT molecular complexity index is 838. The minimum Gasteiger partial charge on any atom is -0.369 e. The van der Waals surface area contributed by atoms with Crippen molar-refractivity contribution in [3.63, 3.8) is 0 Å². The molecule has 0 radical (unpaired) electrons. The zero-order valence-electron chi connectivity index (χ0n) is 14.7. The zero-order chi connectivity index (χ0) is 18.5. The Hall–Kier alpha value is -2.55. The number of hydrogen-bond acceptors (Lipinski definition) is 4. The molecule has 0 unspecified atom stereocenters. The van der Waals surface area contributed by atoms with Gasteiger partial charge in [-0.2, -0.15) is 5.26 Å². The lowest BCUT2D eigenvalue weighted by atomic mass is 10.1. The molecule has 0 saturated carbocycles. The first-order chi connectivity index (χ1) is 12.6. The van der Waals surface area contributed by atoms with E-state index in [0.29, 0.717) is 22.8 Å². The highest BCUT2D eigenvalue weighted by atomic mass is 35.5. The Morgan fingerprint density at radius 3 is 2.58 bits per heavy atom. The number of aryl methyl sites for hydroxylation is 1. The maximum atomic E-state index is 12.3. The summed E-state index contributed by atoms with van der Waals surface area (Å²) in [6, 6.07) is 15.3. The van der Waals surface area contributed by atoms with E-state index in [1.807, 2.05) is 6.07 Å². The summed E-state index contributed by atoms with van der Waals surface area (Å²) in [6.07, 6.45) is 0. The number of amides is 1. The second-order valence-corrected chi connectivity index (χ2v) is 6.81. The quantitative estimate of drug-likeness (QED) is 0.899. The molecule has 1 fully saturated rings. The highest BCUT2D eigenvalue weighted by Crippen LogP contribution is 2.22. The summed E-state index contributed by atoms with van der Waals surface area (Å²) >= 11 is 6.00. The molecule has 6 heteroatoms. The van der Waals surface area contributed by atoms with Crippen LogP contribution in [0, 0.1) is 18.3 Å². The van der Waals surface area contributed by atoms with Crippen LogP contribution in [0.2, 0.25) is 5.02 Å². The SMILES string of the molecule is Cc1ccccc1N1CCN(CC(=O)Nc2ccc(C#N)c(Cl)c2)CC1. The van der Waals surface area contributed by atoms with Crippen molar-refractivity contribution >= 4 is 28.9 Å². The van der Waals surface area contributed by atoms with Crippen LogP contribution in [0.3, 0.4) is 0 Å². The van der Waals surface area contributed by atoms with Crippen molar-refractivity contribution in [3.8, 4) is 6.07 Å². The fraction of sp³-hybridized carbons (Fsp3) is 0.300. The number of nitrogens with one attached hydrogen (secondary N) is 1. The van der Waals surface area contributed by atoms with Crippen molar-refractivity contribution in [2.75, 3.05) is 42.9 Å². The van der Waals surface area contributed by atoms with Gasteiger partial charge in [-0.1, -0.05) is 29.8 Å².